The number of hydrogen-bond donors (Lipinski definition) is 1. The van der Waals surface area contributed by atoms with Crippen LogP contribution in [-0.4, -0.2) is 28.3 Å². The van der Waals surface area contributed by atoms with Gasteiger partial charge in [0.15, 0.2) is 0 Å². The van der Waals surface area contributed by atoms with E-state index in [9.17, 15) is 4.79 Å². The van der Waals surface area contributed by atoms with Crippen LogP contribution < -0.4 is 5.32 Å². The van der Waals surface area contributed by atoms with Gasteiger partial charge in [-0.05, 0) is 39.0 Å². The Morgan fingerprint density at radius 2 is 2.12 bits per heavy atom. The van der Waals surface area contributed by atoms with Crippen molar-refractivity contribution in [2.45, 2.75) is 44.8 Å². The Hall–Kier alpha value is -2.08. The summed E-state index contributed by atoms with van der Waals surface area (Å²) in [4.78, 5) is 16.3. The zero-order valence-electron chi connectivity index (χ0n) is 15.2. The fourth-order valence-electron chi connectivity index (χ4n) is 2.91. The number of allylic oxidation sites excluding steroid dienone is 1. The van der Waals surface area contributed by atoms with Gasteiger partial charge in [0.05, 0.1) is 11.5 Å². The molecular weight excluding hydrogens is 346 g/mol. The van der Waals surface area contributed by atoms with Crippen molar-refractivity contribution in [2.75, 3.05) is 12.3 Å². The third-order valence-electron chi connectivity index (χ3n) is 4.39. The van der Waals surface area contributed by atoms with Crippen LogP contribution in [0.1, 0.15) is 43.6 Å². The van der Waals surface area contributed by atoms with Crippen LogP contribution in [0.15, 0.2) is 40.4 Å². The Labute approximate surface area is 158 Å². The van der Waals surface area contributed by atoms with Gasteiger partial charge in [0.25, 0.3) is 0 Å². The van der Waals surface area contributed by atoms with E-state index >= 15 is 0 Å². The van der Waals surface area contributed by atoms with Gasteiger partial charge in [-0.15, -0.1) is 11.8 Å². The molecule has 0 atom stereocenters. The molecule has 0 bridgehead atoms. The summed E-state index contributed by atoms with van der Waals surface area (Å²) in [5, 5.41) is 6.99. The molecule has 3 rings (SSSR count). The smallest absolute Gasteiger partial charge is 0.236 e. The summed E-state index contributed by atoms with van der Waals surface area (Å²) in [5.74, 6) is 2.14. The summed E-state index contributed by atoms with van der Waals surface area (Å²) in [7, 11) is 0. The molecule has 26 heavy (non-hydrogen) atoms. The topological polar surface area (TPSA) is 68.0 Å². The maximum Gasteiger partial charge on any atom is 0.236 e. The maximum absolute atomic E-state index is 11.9. The summed E-state index contributed by atoms with van der Waals surface area (Å²) in [6.07, 6.45) is 8.25. The minimum absolute atomic E-state index is 0.0599. The van der Waals surface area contributed by atoms with Crippen molar-refractivity contribution >= 4 is 17.7 Å². The second kappa shape index (κ2) is 9.57. The van der Waals surface area contributed by atoms with Crippen LogP contribution in [0.2, 0.25) is 0 Å². The van der Waals surface area contributed by atoms with E-state index in [1.165, 1.54) is 48.6 Å². The molecular formula is C20H25N3O2S. The number of aryl methyl sites for hydroxylation is 1. The lowest BCUT2D eigenvalue weighted by Crippen LogP contribution is -2.26. The minimum Gasteiger partial charge on any atom is -0.355 e. The van der Waals surface area contributed by atoms with Gasteiger partial charge >= 0.3 is 0 Å². The normalized spacial score (nSPS) is 14.1. The molecule has 0 unspecified atom stereocenters. The molecule has 2 aromatic rings. The molecule has 138 valence electrons. The second-order valence-corrected chi connectivity index (χ2v) is 7.56. The molecule has 1 aliphatic rings. The number of hydrogen-bond acceptors (Lipinski definition) is 5. The first kappa shape index (κ1) is 18.7. The number of amides is 1. The van der Waals surface area contributed by atoms with Gasteiger partial charge in [-0.25, -0.2) is 0 Å². The molecule has 0 saturated carbocycles. The molecule has 6 heteroatoms. The van der Waals surface area contributed by atoms with Crippen molar-refractivity contribution < 1.29 is 9.32 Å². The van der Waals surface area contributed by atoms with Crippen molar-refractivity contribution in [3.05, 3.63) is 47.4 Å². The third-order valence-corrected chi connectivity index (χ3v) is 5.31. The molecule has 0 spiro atoms. The zero-order chi connectivity index (χ0) is 18.2. The number of aromatic nitrogens is 2. The first-order valence-corrected chi connectivity index (χ1v) is 10.3. The van der Waals surface area contributed by atoms with E-state index in [-0.39, 0.29) is 5.91 Å². The van der Waals surface area contributed by atoms with E-state index in [4.69, 9.17) is 4.52 Å². The van der Waals surface area contributed by atoms with Gasteiger partial charge in [-0.3, -0.25) is 4.79 Å². The van der Waals surface area contributed by atoms with E-state index in [0.717, 1.165) is 18.5 Å². The number of thioether (sulfide) groups is 1. The van der Waals surface area contributed by atoms with E-state index in [0.29, 0.717) is 23.2 Å². The fourth-order valence-corrected chi connectivity index (χ4v) is 3.59. The van der Waals surface area contributed by atoms with Crippen LogP contribution in [-0.2, 0) is 10.5 Å². The van der Waals surface area contributed by atoms with Gasteiger partial charge in [-0.2, -0.15) is 4.98 Å². The highest BCUT2D eigenvalue weighted by Crippen LogP contribution is 2.20. The molecule has 5 nitrogen and oxygen atoms in total. The predicted octanol–water partition coefficient (Wildman–Crippen LogP) is 4.28. The molecule has 1 aromatic carbocycles. The summed E-state index contributed by atoms with van der Waals surface area (Å²) in [5.41, 5.74) is 3.61. The number of nitrogens with one attached hydrogen (secondary N) is 1. The van der Waals surface area contributed by atoms with Crippen LogP contribution >= 0.6 is 11.8 Å². The fraction of sp³-hybridized carbons (Fsp3) is 0.450. The number of benzene rings is 1. The lowest BCUT2D eigenvalue weighted by atomic mass is 9.97. The highest BCUT2D eigenvalue weighted by molar-refractivity contribution is 7.99. The Kier molecular flexibility index (Phi) is 6.89. The monoisotopic (exact) mass is 371 g/mol. The Bertz CT molecular complexity index is 753. The third kappa shape index (κ3) is 5.73. The molecule has 1 heterocycles. The Balaban J connectivity index is 1.36. The second-order valence-electron chi connectivity index (χ2n) is 6.58. The highest BCUT2D eigenvalue weighted by atomic mass is 32.2. The summed E-state index contributed by atoms with van der Waals surface area (Å²) < 4.78 is 5.27. The van der Waals surface area contributed by atoms with Crippen molar-refractivity contribution in [3.63, 3.8) is 0 Å². The SMILES string of the molecule is Cc1ccc(-c2noc(CSCC(=O)NCCC3=CCCCC3)n2)cc1. The zero-order valence-corrected chi connectivity index (χ0v) is 16.0. The van der Waals surface area contributed by atoms with Crippen LogP contribution in [0.3, 0.4) is 0 Å². The average molecular weight is 372 g/mol. The van der Waals surface area contributed by atoms with Crippen molar-refractivity contribution in [1.29, 1.82) is 0 Å². The van der Waals surface area contributed by atoms with Crippen molar-refractivity contribution in [3.8, 4) is 11.4 Å². The Morgan fingerprint density at radius 3 is 2.88 bits per heavy atom. The van der Waals surface area contributed by atoms with E-state index in [1.807, 2.05) is 31.2 Å². The molecule has 0 aliphatic heterocycles. The van der Waals surface area contributed by atoms with Gasteiger partial charge in [0, 0.05) is 12.1 Å². The van der Waals surface area contributed by atoms with Gasteiger partial charge in [0.1, 0.15) is 0 Å². The Morgan fingerprint density at radius 1 is 1.27 bits per heavy atom. The highest BCUT2D eigenvalue weighted by Gasteiger charge is 2.10. The lowest BCUT2D eigenvalue weighted by molar-refractivity contribution is -0.118. The molecule has 0 fully saturated rings. The standard InChI is InChI=1S/C20H25N3O2S/c1-15-7-9-17(10-8-15)20-22-19(25-23-20)14-26-13-18(24)21-12-11-16-5-3-2-4-6-16/h5,7-10H,2-4,6,11-14H2,1H3,(H,21,24). The van der Waals surface area contributed by atoms with Crippen LogP contribution in [0.5, 0.6) is 0 Å². The maximum atomic E-state index is 11.9. The van der Waals surface area contributed by atoms with E-state index < -0.39 is 0 Å². The number of rotatable bonds is 8. The number of carbonyl (C=O) groups excluding carboxylic acids is 1. The number of nitrogens with zero attached hydrogens (tertiary/aromatic N) is 2. The van der Waals surface area contributed by atoms with Gasteiger partial charge < -0.3 is 9.84 Å². The first-order chi connectivity index (χ1) is 12.7. The molecule has 0 saturated heterocycles. The quantitative estimate of drug-likeness (QED) is 0.701. The van der Waals surface area contributed by atoms with Crippen LogP contribution in [0.25, 0.3) is 11.4 Å². The molecule has 1 aliphatic carbocycles. The molecule has 1 N–H and O–H groups in total. The summed E-state index contributed by atoms with van der Waals surface area (Å²) >= 11 is 1.49. The first-order valence-electron chi connectivity index (χ1n) is 9.13. The summed E-state index contributed by atoms with van der Waals surface area (Å²) in [6, 6.07) is 8.00. The molecule has 1 aromatic heterocycles. The van der Waals surface area contributed by atoms with Crippen LogP contribution in [0, 0.1) is 6.92 Å². The van der Waals surface area contributed by atoms with E-state index in [1.54, 1.807) is 0 Å². The lowest BCUT2D eigenvalue weighted by Gasteiger charge is -2.12. The summed E-state index contributed by atoms with van der Waals surface area (Å²) in [6.45, 7) is 2.77. The van der Waals surface area contributed by atoms with Crippen molar-refractivity contribution in [1.82, 2.24) is 15.5 Å². The van der Waals surface area contributed by atoms with Crippen molar-refractivity contribution in [2.24, 2.45) is 0 Å². The average Bonchev–Trinajstić information content (AvgIpc) is 3.12. The van der Waals surface area contributed by atoms with Gasteiger partial charge in [-0.1, -0.05) is 46.6 Å². The largest absolute Gasteiger partial charge is 0.355 e. The minimum atomic E-state index is 0.0599. The number of carbonyl (C=O) groups is 1. The predicted molar refractivity (Wildman–Crippen MR) is 105 cm³/mol. The van der Waals surface area contributed by atoms with Crippen LogP contribution in [0.4, 0.5) is 0 Å². The van der Waals surface area contributed by atoms with E-state index in [2.05, 4.69) is 21.5 Å². The molecule has 1 amide bonds. The molecule has 0 radical (unpaired) electrons. The van der Waals surface area contributed by atoms with Gasteiger partial charge in [0.2, 0.25) is 17.6 Å².